The highest BCUT2D eigenvalue weighted by Crippen LogP contribution is 2.20. The van der Waals surface area contributed by atoms with Crippen LogP contribution in [-0.2, 0) is 19.1 Å². The Labute approximate surface area is 120 Å². The third-order valence-corrected chi connectivity index (χ3v) is 2.21. The van der Waals surface area contributed by atoms with E-state index in [0.717, 1.165) is 19.5 Å². The van der Waals surface area contributed by atoms with Crippen LogP contribution in [0.1, 0.15) is 32.5 Å². The second-order valence-corrected chi connectivity index (χ2v) is 5.05. The fourth-order valence-electron chi connectivity index (χ4n) is 1.36. The maximum Gasteiger partial charge on any atom is 0.328 e. The lowest BCUT2D eigenvalue weighted by atomic mass is 10.1. The summed E-state index contributed by atoms with van der Waals surface area (Å²) in [5, 5.41) is 10.5. The van der Waals surface area contributed by atoms with Crippen molar-refractivity contribution >= 4 is 17.6 Å². The highest BCUT2D eigenvalue weighted by molar-refractivity contribution is 6.00. The van der Waals surface area contributed by atoms with Gasteiger partial charge in [0.25, 0.3) is 0 Å². The zero-order valence-electron chi connectivity index (χ0n) is 12.0. The van der Waals surface area contributed by atoms with Crippen molar-refractivity contribution in [3.8, 4) is 0 Å². The van der Waals surface area contributed by atoms with Crippen molar-refractivity contribution in [3.05, 3.63) is 28.3 Å². The van der Waals surface area contributed by atoms with Crippen LogP contribution in [0.2, 0.25) is 0 Å². The lowest BCUT2D eigenvalue weighted by Gasteiger charge is -2.22. The second-order valence-electron chi connectivity index (χ2n) is 5.05. The highest BCUT2D eigenvalue weighted by atomic mass is 16.6. The number of nitrogens with zero attached hydrogens (tertiary/aromatic N) is 3. The Balaban J connectivity index is 3.11. The Bertz CT molecular complexity index is 549. The van der Waals surface area contributed by atoms with Gasteiger partial charge in [0.05, 0.1) is 12.0 Å². The van der Waals surface area contributed by atoms with E-state index in [2.05, 4.69) is 14.7 Å². The molecule has 1 unspecified atom stereocenters. The zero-order chi connectivity index (χ0) is 16.2. The standard InChI is InChI=1S/C12H15N3O6/c1-12(2,3)21-11(17)8(10(16)20-4)9-13-5-7(6-14-9)15(18)19/h5-6,8H,1-4H3. The topological polar surface area (TPSA) is 122 Å². The fraction of sp³-hybridized carbons (Fsp3) is 0.500. The van der Waals surface area contributed by atoms with Gasteiger partial charge >= 0.3 is 17.6 Å². The van der Waals surface area contributed by atoms with E-state index < -0.39 is 28.4 Å². The first-order chi connectivity index (χ1) is 9.65. The monoisotopic (exact) mass is 297 g/mol. The van der Waals surface area contributed by atoms with Crippen LogP contribution in [0.25, 0.3) is 0 Å². The predicted octanol–water partition coefficient (Wildman–Crippen LogP) is 0.983. The van der Waals surface area contributed by atoms with Crippen LogP contribution < -0.4 is 0 Å². The van der Waals surface area contributed by atoms with Crippen LogP contribution in [0.15, 0.2) is 12.4 Å². The maximum absolute atomic E-state index is 12.0. The van der Waals surface area contributed by atoms with Crippen molar-refractivity contribution in [1.29, 1.82) is 0 Å². The van der Waals surface area contributed by atoms with E-state index in [1.807, 2.05) is 0 Å². The first kappa shape index (κ1) is 16.5. The first-order valence-electron chi connectivity index (χ1n) is 5.92. The molecule has 21 heavy (non-hydrogen) atoms. The molecule has 0 aliphatic rings. The molecule has 9 nitrogen and oxygen atoms in total. The van der Waals surface area contributed by atoms with Gasteiger partial charge in [0.2, 0.25) is 5.92 Å². The number of aromatic nitrogens is 2. The summed E-state index contributed by atoms with van der Waals surface area (Å²) in [7, 11) is 1.10. The van der Waals surface area contributed by atoms with Gasteiger partial charge < -0.3 is 9.47 Å². The number of carbonyl (C=O) groups excluding carboxylic acids is 2. The summed E-state index contributed by atoms with van der Waals surface area (Å²) in [6, 6.07) is 0. The molecule has 0 aromatic carbocycles. The van der Waals surface area contributed by atoms with Gasteiger partial charge in [0.1, 0.15) is 18.0 Å². The summed E-state index contributed by atoms with van der Waals surface area (Å²) in [6.45, 7) is 4.90. The normalized spacial score (nSPS) is 12.4. The van der Waals surface area contributed by atoms with Crippen molar-refractivity contribution in [2.75, 3.05) is 7.11 Å². The van der Waals surface area contributed by atoms with E-state index in [9.17, 15) is 19.7 Å². The number of hydrogen-bond donors (Lipinski definition) is 0. The van der Waals surface area contributed by atoms with Gasteiger partial charge in [0, 0.05) is 0 Å². The van der Waals surface area contributed by atoms with E-state index in [4.69, 9.17) is 4.74 Å². The van der Waals surface area contributed by atoms with Crippen LogP contribution in [0, 0.1) is 10.1 Å². The van der Waals surface area contributed by atoms with Gasteiger partial charge in [-0.25, -0.2) is 9.97 Å². The minimum absolute atomic E-state index is 0.221. The first-order valence-corrected chi connectivity index (χ1v) is 5.92. The summed E-state index contributed by atoms with van der Waals surface area (Å²) in [4.78, 5) is 40.9. The lowest BCUT2D eigenvalue weighted by Crippen LogP contribution is -2.33. The quantitative estimate of drug-likeness (QED) is 0.349. The number of methoxy groups -OCH3 is 1. The zero-order valence-corrected chi connectivity index (χ0v) is 12.0. The molecule has 1 aromatic heterocycles. The van der Waals surface area contributed by atoms with Crippen LogP contribution >= 0.6 is 0 Å². The molecule has 0 amide bonds. The van der Waals surface area contributed by atoms with E-state index in [0.29, 0.717) is 0 Å². The Kier molecular flexibility index (Phi) is 4.90. The highest BCUT2D eigenvalue weighted by Gasteiger charge is 2.36. The molecule has 0 saturated heterocycles. The Morgan fingerprint density at radius 3 is 2.14 bits per heavy atom. The third-order valence-electron chi connectivity index (χ3n) is 2.21. The van der Waals surface area contributed by atoms with Gasteiger partial charge in [0.15, 0.2) is 5.82 Å². The molecule has 0 fully saturated rings. The number of esters is 2. The van der Waals surface area contributed by atoms with E-state index in [1.165, 1.54) is 0 Å². The molecule has 0 spiro atoms. The maximum atomic E-state index is 12.0. The summed E-state index contributed by atoms with van der Waals surface area (Å²) >= 11 is 0. The lowest BCUT2D eigenvalue weighted by molar-refractivity contribution is -0.385. The van der Waals surface area contributed by atoms with Crippen LogP contribution in [0.3, 0.4) is 0 Å². The summed E-state index contributed by atoms with van der Waals surface area (Å²) in [6.07, 6.45) is 1.81. The smallest absolute Gasteiger partial charge is 0.328 e. The average molecular weight is 297 g/mol. The molecular formula is C12H15N3O6. The molecule has 1 atom stereocenters. The van der Waals surface area contributed by atoms with Crippen molar-refractivity contribution in [2.24, 2.45) is 0 Å². The van der Waals surface area contributed by atoms with Crippen LogP contribution in [0.4, 0.5) is 5.69 Å². The molecule has 1 aromatic rings. The predicted molar refractivity (Wildman–Crippen MR) is 69.3 cm³/mol. The Morgan fingerprint density at radius 2 is 1.76 bits per heavy atom. The number of carbonyl (C=O) groups is 2. The van der Waals surface area contributed by atoms with Crippen LogP contribution in [-0.4, -0.2) is 39.5 Å². The van der Waals surface area contributed by atoms with Gasteiger partial charge in [-0.15, -0.1) is 0 Å². The number of ether oxygens (including phenoxy) is 2. The minimum Gasteiger partial charge on any atom is -0.468 e. The SMILES string of the molecule is COC(=O)C(C(=O)OC(C)(C)C)c1ncc([N+](=O)[O-])cn1. The Morgan fingerprint density at radius 1 is 1.24 bits per heavy atom. The number of hydrogen-bond acceptors (Lipinski definition) is 8. The fourth-order valence-corrected chi connectivity index (χ4v) is 1.36. The third kappa shape index (κ3) is 4.48. The summed E-state index contributed by atoms with van der Waals surface area (Å²) in [5.74, 6) is -3.50. The summed E-state index contributed by atoms with van der Waals surface area (Å²) in [5.41, 5.74) is -1.17. The van der Waals surface area contributed by atoms with Crippen molar-refractivity contribution in [2.45, 2.75) is 32.3 Å². The van der Waals surface area contributed by atoms with Gasteiger partial charge in [-0.1, -0.05) is 0 Å². The van der Waals surface area contributed by atoms with Gasteiger partial charge in [-0.05, 0) is 20.8 Å². The summed E-state index contributed by atoms with van der Waals surface area (Å²) < 4.78 is 9.63. The molecule has 0 aliphatic carbocycles. The van der Waals surface area contributed by atoms with Gasteiger partial charge in [-0.3, -0.25) is 19.7 Å². The van der Waals surface area contributed by atoms with Crippen molar-refractivity contribution < 1.29 is 24.0 Å². The largest absolute Gasteiger partial charge is 0.468 e. The molecule has 0 saturated carbocycles. The van der Waals surface area contributed by atoms with E-state index >= 15 is 0 Å². The number of nitro groups is 1. The molecule has 0 radical (unpaired) electrons. The Hall–Kier alpha value is -2.58. The van der Waals surface area contributed by atoms with Crippen molar-refractivity contribution in [3.63, 3.8) is 0 Å². The molecule has 0 N–H and O–H groups in total. The molecule has 114 valence electrons. The van der Waals surface area contributed by atoms with E-state index in [-0.39, 0.29) is 11.5 Å². The second kappa shape index (κ2) is 6.25. The van der Waals surface area contributed by atoms with Crippen LogP contribution in [0.5, 0.6) is 0 Å². The average Bonchev–Trinajstić information content (AvgIpc) is 2.37. The molecule has 9 heteroatoms. The van der Waals surface area contributed by atoms with E-state index in [1.54, 1.807) is 20.8 Å². The van der Waals surface area contributed by atoms with Crippen molar-refractivity contribution in [1.82, 2.24) is 9.97 Å². The molecular weight excluding hydrogens is 282 g/mol. The molecule has 1 rings (SSSR count). The molecule has 0 aliphatic heterocycles. The van der Waals surface area contributed by atoms with Gasteiger partial charge in [-0.2, -0.15) is 0 Å². The molecule has 0 bridgehead atoms. The molecule has 1 heterocycles. The number of rotatable bonds is 4. The minimum atomic E-state index is -1.49.